The Morgan fingerprint density at radius 2 is 0.788 bits per heavy atom. The maximum absolute atomic E-state index is 17.2. The molecule has 2 nitrogen and oxygen atoms in total. The third-order valence-electron chi connectivity index (χ3n) is 12.7. The first-order chi connectivity index (χ1) is 32.7. The molecule has 0 aliphatic rings. The number of hydrogen-bond acceptors (Lipinski definition) is 3. The van der Waals surface area contributed by atoms with Crippen LogP contribution in [0.1, 0.15) is 0 Å². The molecule has 312 valence electrons. The number of anilines is 6. The van der Waals surface area contributed by atoms with E-state index < -0.39 is 0 Å². The van der Waals surface area contributed by atoms with Crippen molar-refractivity contribution < 1.29 is 4.39 Å². The second-order valence-corrected chi connectivity index (χ2v) is 17.7. The Morgan fingerprint density at radius 1 is 0.303 bits per heavy atom. The van der Waals surface area contributed by atoms with E-state index in [0.717, 1.165) is 61.0 Å². The average molecular weight is 865 g/mol. The fourth-order valence-electron chi connectivity index (χ4n) is 9.61. The van der Waals surface area contributed by atoms with Crippen LogP contribution in [0.25, 0.3) is 75.1 Å². The summed E-state index contributed by atoms with van der Waals surface area (Å²) in [6, 6.07) is 86.5. The number of halogens is 1. The first-order valence-corrected chi connectivity index (χ1v) is 23.1. The first-order valence-electron chi connectivity index (χ1n) is 22.3. The summed E-state index contributed by atoms with van der Waals surface area (Å²) in [6.45, 7) is 0. The molecular formula is C62H41FN2S. The van der Waals surface area contributed by atoms with Gasteiger partial charge in [-0.25, -0.2) is 4.39 Å². The van der Waals surface area contributed by atoms with Crippen molar-refractivity contribution in [2.45, 2.75) is 0 Å². The molecule has 1 heterocycles. The summed E-state index contributed by atoms with van der Waals surface area (Å²) >= 11 is 1.81. The van der Waals surface area contributed by atoms with Gasteiger partial charge in [0.25, 0.3) is 0 Å². The summed E-state index contributed by atoms with van der Waals surface area (Å²) in [4.78, 5) is 4.38. The number of fused-ring (bicyclic) bond motifs is 8. The molecule has 66 heavy (non-hydrogen) atoms. The normalized spacial score (nSPS) is 11.4. The second kappa shape index (κ2) is 16.7. The zero-order valence-corrected chi connectivity index (χ0v) is 36.7. The minimum Gasteiger partial charge on any atom is -0.311 e. The molecule has 0 atom stereocenters. The van der Waals surface area contributed by atoms with Gasteiger partial charge in [-0.1, -0.05) is 170 Å². The zero-order valence-electron chi connectivity index (χ0n) is 35.9. The highest BCUT2D eigenvalue weighted by molar-refractivity contribution is 7.27. The summed E-state index contributed by atoms with van der Waals surface area (Å²) in [5.74, 6) is -0.289. The molecule has 0 saturated heterocycles. The van der Waals surface area contributed by atoms with Crippen LogP contribution in [0.15, 0.2) is 249 Å². The molecule has 0 fully saturated rings. The molecule has 4 heteroatoms. The van der Waals surface area contributed by atoms with E-state index in [4.69, 9.17) is 0 Å². The lowest BCUT2D eigenvalue weighted by Crippen LogP contribution is -2.13. The summed E-state index contributed by atoms with van der Waals surface area (Å²) < 4.78 is 19.6. The molecule has 0 spiro atoms. The fraction of sp³-hybridized carbons (Fsp3) is 0. The highest BCUT2D eigenvalue weighted by Gasteiger charge is 2.24. The summed E-state index contributed by atoms with van der Waals surface area (Å²) in [5.41, 5.74) is 11.5. The number of rotatable bonds is 9. The van der Waals surface area contributed by atoms with Crippen molar-refractivity contribution in [3.63, 3.8) is 0 Å². The van der Waals surface area contributed by atoms with E-state index in [0.29, 0.717) is 5.69 Å². The highest BCUT2D eigenvalue weighted by Crippen LogP contribution is 2.49. The summed E-state index contributed by atoms with van der Waals surface area (Å²) in [6.07, 6.45) is 0. The predicted octanol–water partition coefficient (Wildman–Crippen LogP) is 18.4. The van der Waals surface area contributed by atoms with Gasteiger partial charge in [0.2, 0.25) is 0 Å². The Morgan fingerprint density at radius 3 is 1.42 bits per heavy atom. The Labute approximate surface area is 387 Å². The van der Waals surface area contributed by atoms with Crippen LogP contribution < -0.4 is 9.80 Å². The molecule has 0 radical (unpaired) electrons. The van der Waals surface area contributed by atoms with Crippen LogP contribution in [0.4, 0.5) is 38.5 Å². The number of hydrogen-bond donors (Lipinski definition) is 0. The molecule has 0 unspecified atom stereocenters. The summed E-state index contributed by atoms with van der Waals surface area (Å²) in [7, 11) is 0. The molecule has 11 aromatic carbocycles. The van der Waals surface area contributed by atoms with Gasteiger partial charge in [-0.2, -0.15) is 0 Å². The van der Waals surface area contributed by atoms with Crippen LogP contribution in [0.2, 0.25) is 0 Å². The lowest BCUT2D eigenvalue weighted by Gasteiger charge is -2.29. The van der Waals surface area contributed by atoms with Crippen molar-refractivity contribution in [3.8, 4) is 33.4 Å². The second-order valence-electron chi connectivity index (χ2n) is 16.6. The molecular weight excluding hydrogens is 824 g/mol. The molecule has 12 aromatic rings. The highest BCUT2D eigenvalue weighted by atomic mass is 32.1. The van der Waals surface area contributed by atoms with Gasteiger partial charge in [-0.05, 0) is 123 Å². The molecule has 0 bridgehead atoms. The van der Waals surface area contributed by atoms with Crippen molar-refractivity contribution in [1.29, 1.82) is 0 Å². The van der Waals surface area contributed by atoms with Gasteiger partial charge in [-0.3, -0.25) is 0 Å². The van der Waals surface area contributed by atoms with Gasteiger partial charge in [0.15, 0.2) is 0 Å². The topological polar surface area (TPSA) is 6.48 Å². The number of para-hydroxylation sites is 3. The van der Waals surface area contributed by atoms with E-state index in [-0.39, 0.29) is 5.82 Å². The third-order valence-corrected chi connectivity index (χ3v) is 13.8. The fourth-order valence-corrected chi connectivity index (χ4v) is 10.9. The lowest BCUT2D eigenvalue weighted by molar-refractivity contribution is 0.630. The molecule has 0 saturated carbocycles. The van der Waals surface area contributed by atoms with Gasteiger partial charge in [0.05, 0.1) is 5.69 Å². The molecule has 0 amide bonds. The lowest BCUT2D eigenvalue weighted by atomic mass is 9.94. The van der Waals surface area contributed by atoms with Crippen LogP contribution in [0.3, 0.4) is 0 Å². The van der Waals surface area contributed by atoms with Crippen LogP contribution >= 0.6 is 11.3 Å². The smallest absolute Gasteiger partial charge is 0.148 e. The number of nitrogens with zero attached hydrogens (tertiary/aromatic N) is 2. The van der Waals surface area contributed by atoms with Crippen molar-refractivity contribution in [2.75, 3.05) is 9.80 Å². The number of thiophene rings is 1. The van der Waals surface area contributed by atoms with Gasteiger partial charge >= 0.3 is 0 Å². The summed E-state index contributed by atoms with van der Waals surface area (Å²) in [5, 5.41) is 7.33. The van der Waals surface area contributed by atoms with Gasteiger partial charge < -0.3 is 9.80 Å². The van der Waals surface area contributed by atoms with Gasteiger partial charge in [0, 0.05) is 59.6 Å². The Bertz CT molecular complexity index is 3650. The number of benzene rings is 11. The van der Waals surface area contributed by atoms with E-state index in [2.05, 4.69) is 186 Å². The van der Waals surface area contributed by atoms with Crippen molar-refractivity contribution in [1.82, 2.24) is 0 Å². The largest absolute Gasteiger partial charge is 0.311 e. The van der Waals surface area contributed by atoms with E-state index in [1.807, 2.05) is 78.1 Å². The van der Waals surface area contributed by atoms with Gasteiger partial charge in [-0.15, -0.1) is 11.3 Å². The molecule has 12 rings (SSSR count). The van der Waals surface area contributed by atoms with E-state index in [9.17, 15) is 0 Å². The van der Waals surface area contributed by atoms with Crippen LogP contribution in [-0.4, -0.2) is 0 Å². The van der Waals surface area contributed by atoms with Crippen LogP contribution in [0.5, 0.6) is 0 Å². The Kier molecular flexibility index (Phi) is 9.93. The molecule has 0 N–H and O–H groups in total. The van der Waals surface area contributed by atoms with E-state index >= 15 is 4.39 Å². The van der Waals surface area contributed by atoms with Crippen molar-refractivity contribution in [3.05, 3.63) is 255 Å². The molecule has 0 aliphatic heterocycles. The van der Waals surface area contributed by atoms with Crippen molar-refractivity contribution >= 4 is 87.2 Å². The van der Waals surface area contributed by atoms with Crippen molar-refractivity contribution in [2.24, 2.45) is 0 Å². The maximum atomic E-state index is 17.2. The predicted molar refractivity (Wildman–Crippen MR) is 280 cm³/mol. The minimum atomic E-state index is -0.289. The minimum absolute atomic E-state index is 0.289. The SMILES string of the molecule is Fc1cc(-c2ccccc2)cc(-c2ccccc2)c1N(c1ccccc1)c1ccc2c(c1)sc1c3ccc(-c4ccc(N(c5ccccc5)c5ccccc5)cc4)cc3c3ccccc3c21. The molecule has 1 aromatic heterocycles. The van der Waals surface area contributed by atoms with Crippen LogP contribution in [-0.2, 0) is 0 Å². The third kappa shape index (κ3) is 6.96. The van der Waals surface area contributed by atoms with E-state index in [1.165, 1.54) is 42.6 Å². The van der Waals surface area contributed by atoms with Crippen LogP contribution in [0, 0.1) is 5.82 Å². The quantitative estimate of drug-likeness (QED) is 0.133. The van der Waals surface area contributed by atoms with Gasteiger partial charge in [0.1, 0.15) is 5.82 Å². The first kappa shape index (κ1) is 39.3. The average Bonchev–Trinajstić information content (AvgIpc) is 3.78. The molecule has 0 aliphatic carbocycles. The monoisotopic (exact) mass is 864 g/mol. The maximum Gasteiger partial charge on any atom is 0.148 e. The Balaban J connectivity index is 0.996. The zero-order chi connectivity index (χ0) is 44.0. The standard InChI is InChI=1S/C62H41FN2S/c63-58-40-46(42-18-6-1-7-19-42)39-56(44-20-8-2-9-21-44)61(58)65(49-26-14-5-15-27-49)51-35-37-55-59(41-51)66-62-54-36-32-45(38-57(54)52-28-16-17-29-53(52)60(55)62)43-30-33-50(34-31-43)64(47-22-10-3-11-23-47)48-24-12-4-13-25-48/h1-41H. The Hall–Kier alpha value is -8.31. The van der Waals surface area contributed by atoms with E-state index in [1.54, 1.807) is 6.07 Å².